The first-order valence-corrected chi connectivity index (χ1v) is 12.7. The first-order chi connectivity index (χ1) is 17.1. The molecule has 0 aliphatic heterocycles. The lowest BCUT2D eigenvalue weighted by Gasteiger charge is -2.21. The minimum absolute atomic E-state index is 0.148. The summed E-state index contributed by atoms with van der Waals surface area (Å²) in [5.41, 5.74) is 3.57. The monoisotopic (exact) mass is 532 g/mol. The highest BCUT2D eigenvalue weighted by molar-refractivity contribution is 7.92. The van der Waals surface area contributed by atoms with Gasteiger partial charge in [-0.25, -0.2) is 18.2 Å². The number of benzene rings is 3. The number of carbonyl (C=O) groups is 2. The summed E-state index contributed by atoms with van der Waals surface area (Å²) in [6, 6.07) is 18.0. The van der Waals surface area contributed by atoms with Crippen LogP contribution in [0.25, 0.3) is 0 Å². The molecule has 188 valence electrons. The van der Waals surface area contributed by atoms with E-state index in [1.807, 2.05) is 0 Å². The van der Waals surface area contributed by atoms with Gasteiger partial charge >= 0.3 is 0 Å². The molecule has 0 saturated heterocycles. The standard InChI is InChI=1S/C24H22ClFN4O5S/c1-36(33,34)30(21-9-7-19(26)8-10-21)15-23(31)29-27-14-17-5-11-22(12-6-17)35-16-24(32)28-20-4-2-3-18(25)13-20/h2-14H,15-16H2,1H3,(H,28,32)(H,29,31)/b27-14-. The molecule has 0 heterocycles. The number of halogens is 2. The van der Waals surface area contributed by atoms with Crippen LogP contribution in [-0.2, 0) is 19.6 Å². The SMILES string of the molecule is CS(=O)(=O)N(CC(=O)N/N=C\c1ccc(OCC(=O)Nc2cccc(Cl)c2)cc1)c1ccc(F)cc1. The lowest BCUT2D eigenvalue weighted by atomic mass is 10.2. The van der Waals surface area contributed by atoms with E-state index in [4.69, 9.17) is 16.3 Å². The fourth-order valence-corrected chi connectivity index (χ4v) is 3.96. The summed E-state index contributed by atoms with van der Waals surface area (Å²) in [5.74, 6) is -1.12. The highest BCUT2D eigenvalue weighted by atomic mass is 35.5. The Bertz CT molecular complexity index is 1350. The molecule has 3 aromatic rings. The molecule has 0 bridgehead atoms. The van der Waals surface area contributed by atoms with Crippen LogP contribution in [0.2, 0.25) is 5.02 Å². The van der Waals surface area contributed by atoms with Gasteiger partial charge in [0.05, 0.1) is 18.2 Å². The van der Waals surface area contributed by atoms with Crippen molar-refractivity contribution in [2.24, 2.45) is 5.10 Å². The van der Waals surface area contributed by atoms with E-state index in [2.05, 4.69) is 15.8 Å². The van der Waals surface area contributed by atoms with Crippen molar-refractivity contribution < 1.29 is 27.1 Å². The van der Waals surface area contributed by atoms with E-state index < -0.39 is 28.3 Å². The number of ether oxygens (including phenoxy) is 1. The van der Waals surface area contributed by atoms with Crippen molar-refractivity contribution in [2.75, 3.05) is 29.0 Å². The molecule has 0 saturated carbocycles. The maximum absolute atomic E-state index is 13.1. The van der Waals surface area contributed by atoms with Crippen LogP contribution < -0.4 is 19.8 Å². The zero-order chi connectivity index (χ0) is 26.1. The van der Waals surface area contributed by atoms with Gasteiger partial charge in [0.1, 0.15) is 18.1 Å². The molecule has 0 atom stereocenters. The summed E-state index contributed by atoms with van der Waals surface area (Å²) in [7, 11) is -3.79. The van der Waals surface area contributed by atoms with E-state index in [1.54, 1.807) is 48.5 Å². The summed E-state index contributed by atoms with van der Waals surface area (Å²) >= 11 is 5.89. The molecule has 0 aliphatic rings. The number of anilines is 2. The third-order valence-corrected chi connectivity index (χ3v) is 5.94. The second kappa shape index (κ2) is 12.1. The lowest BCUT2D eigenvalue weighted by Crippen LogP contribution is -2.39. The molecule has 3 aromatic carbocycles. The number of sulfonamides is 1. The number of nitrogens with one attached hydrogen (secondary N) is 2. The number of nitrogens with zero attached hydrogens (tertiary/aromatic N) is 2. The van der Waals surface area contributed by atoms with Gasteiger partial charge in [0.15, 0.2) is 6.61 Å². The summed E-state index contributed by atoms with van der Waals surface area (Å²) < 4.78 is 43.5. The fraction of sp³-hybridized carbons (Fsp3) is 0.125. The highest BCUT2D eigenvalue weighted by Gasteiger charge is 2.20. The smallest absolute Gasteiger partial charge is 0.262 e. The molecule has 0 aliphatic carbocycles. The second-order valence-electron chi connectivity index (χ2n) is 7.46. The van der Waals surface area contributed by atoms with Gasteiger partial charge in [-0.05, 0) is 72.3 Å². The Morgan fingerprint density at radius 3 is 2.39 bits per heavy atom. The predicted molar refractivity (Wildman–Crippen MR) is 136 cm³/mol. The Kier molecular flexibility index (Phi) is 8.98. The topological polar surface area (TPSA) is 117 Å². The van der Waals surface area contributed by atoms with Crippen molar-refractivity contribution in [1.29, 1.82) is 0 Å². The second-order valence-corrected chi connectivity index (χ2v) is 9.80. The third kappa shape index (κ3) is 8.36. The van der Waals surface area contributed by atoms with E-state index in [0.717, 1.165) is 22.7 Å². The van der Waals surface area contributed by atoms with Crippen LogP contribution >= 0.6 is 11.6 Å². The molecule has 0 spiro atoms. The predicted octanol–water partition coefficient (Wildman–Crippen LogP) is 3.41. The van der Waals surface area contributed by atoms with Crippen LogP contribution in [0, 0.1) is 5.82 Å². The van der Waals surface area contributed by atoms with Crippen LogP contribution in [0.3, 0.4) is 0 Å². The van der Waals surface area contributed by atoms with Crippen molar-refractivity contribution in [3.8, 4) is 5.75 Å². The number of hydrazone groups is 1. The number of amides is 2. The summed E-state index contributed by atoms with van der Waals surface area (Å²) in [5, 5.41) is 6.99. The maximum Gasteiger partial charge on any atom is 0.262 e. The number of carbonyl (C=O) groups excluding carboxylic acids is 2. The van der Waals surface area contributed by atoms with Gasteiger partial charge in [-0.1, -0.05) is 17.7 Å². The largest absolute Gasteiger partial charge is 0.484 e. The molecule has 0 fully saturated rings. The van der Waals surface area contributed by atoms with E-state index in [1.165, 1.54) is 18.3 Å². The van der Waals surface area contributed by atoms with Crippen molar-refractivity contribution in [2.45, 2.75) is 0 Å². The summed E-state index contributed by atoms with van der Waals surface area (Å²) in [6.45, 7) is -0.743. The Balaban J connectivity index is 1.49. The maximum atomic E-state index is 13.1. The quantitative estimate of drug-likeness (QED) is 0.306. The Hall–Kier alpha value is -3.96. The molecule has 3 rings (SSSR count). The van der Waals surface area contributed by atoms with Crippen LogP contribution in [0.5, 0.6) is 5.75 Å². The van der Waals surface area contributed by atoms with Crippen molar-refractivity contribution >= 4 is 51.0 Å². The summed E-state index contributed by atoms with van der Waals surface area (Å²) in [4.78, 5) is 24.2. The molecular weight excluding hydrogens is 511 g/mol. The number of hydrogen-bond acceptors (Lipinski definition) is 6. The molecule has 0 unspecified atom stereocenters. The zero-order valence-electron chi connectivity index (χ0n) is 19.0. The number of hydrogen-bond donors (Lipinski definition) is 2. The van der Waals surface area contributed by atoms with E-state index >= 15 is 0 Å². The highest BCUT2D eigenvalue weighted by Crippen LogP contribution is 2.18. The molecule has 2 N–H and O–H groups in total. The average molecular weight is 533 g/mol. The number of rotatable bonds is 10. The van der Waals surface area contributed by atoms with Crippen molar-refractivity contribution in [1.82, 2.24) is 5.43 Å². The minimum Gasteiger partial charge on any atom is -0.484 e. The van der Waals surface area contributed by atoms with Gasteiger partial charge in [-0.2, -0.15) is 5.10 Å². The van der Waals surface area contributed by atoms with Crippen LogP contribution in [0.4, 0.5) is 15.8 Å². The normalized spacial score (nSPS) is 11.2. The third-order valence-electron chi connectivity index (χ3n) is 4.56. The first-order valence-electron chi connectivity index (χ1n) is 10.4. The molecule has 12 heteroatoms. The molecule has 36 heavy (non-hydrogen) atoms. The van der Waals surface area contributed by atoms with E-state index in [-0.39, 0.29) is 18.2 Å². The Labute approximate surface area is 212 Å². The summed E-state index contributed by atoms with van der Waals surface area (Å²) in [6.07, 6.45) is 2.30. The van der Waals surface area contributed by atoms with Crippen LogP contribution in [0.15, 0.2) is 77.9 Å². The molecular formula is C24H22ClFN4O5S. The van der Waals surface area contributed by atoms with Crippen LogP contribution in [-0.4, -0.2) is 45.9 Å². The minimum atomic E-state index is -3.79. The van der Waals surface area contributed by atoms with Gasteiger partial charge in [0.25, 0.3) is 11.8 Å². The molecule has 9 nitrogen and oxygen atoms in total. The van der Waals surface area contributed by atoms with E-state index in [0.29, 0.717) is 22.0 Å². The molecule has 0 aromatic heterocycles. The van der Waals surface area contributed by atoms with Gasteiger partial charge in [0.2, 0.25) is 10.0 Å². The average Bonchev–Trinajstić information content (AvgIpc) is 2.82. The van der Waals surface area contributed by atoms with Gasteiger partial charge in [-0.15, -0.1) is 0 Å². The van der Waals surface area contributed by atoms with Gasteiger partial charge in [-0.3, -0.25) is 13.9 Å². The lowest BCUT2D eigenvalue weighted by molar-refractivity contribution is -0.119. The first kappa shape index (κ1) is 26.6. The van der Waals surface area contributed by atoms with Crippen molar-refractivity contribution in [3.05, 3.63) is 89.2 Å². The van der Waals surface area contributed by atoms with Crippen LogP contribution in [0.1, 0.15) is 5.56 Å². The van der Waals surface area contributed by atoms with E-state index in [9.17, 15) is 22.4 Å². The fourth-order valence-electron chi connectivity index (χ4n) is 2.91. The molecule has 2 amide bonds. The van der Waals surface area contributed by atoms with Crippen molar-refractivity contribution in [3.63, 3.8) is 0 Å². The zero-order valence-corrected chi connectivity index (χ0v) is 20.6. The molecule has 0 radical (unpaired) electrons. The Morgan fingerprint density at radius 1 is 1.06 bits per heavy atom. The van der Waals surface area contributed by atoms with Gasteiger partial charge in [0, 0.05) is 10.7 Å². The Morgan fingerprint density at radius 2 is 1.75 bits per heavy atom. The van der Waals surface area contributed by atoms with Gasteiger partial charge < -0.3 is 10.1 Å².